The highest BCUT2D eigenvalue weighted by Gasteiger charge is 2.44. The average molecular weight is 730 g/mol. The van der Waals surface area contributed by atoms with E-state index in [9.17, 15) is 30.3 Å². The second-order valence-corrected chi connectivity index (χ2v) is 15.5. The van der Waals surface area contributed by atoms with Gasteiger partial charge in [0, 0.05) is 6.42 Å². The van der Waals surface area contributed by atoms with E-state index in [4.69, 9.17) is 9.47 Å². The van der Waals surface area contributed by atoms with Crippen LogP contribution >= 0.6 is 0 Å². The monoisotopic (exact) mass is 730 g/mol. The Morgan fingerprint density at radius 3 is 1.39 bits per heavy atom. The molecule has 1 fully saturated rings. The van der Waals surface area contributed by atoms with Crippen molar-refractivity contribution >= 4 is 5.91 Å². The van der Waals surface area contributed by atoms with Gasteiger partial charge in [-0.3, -0.25) is 4.79 Å². The van der Waals surface area contributed by atoms with Gasteiger partial charge < -0.3 is 40.3 Å². The van der Waals surface area contributed by atoms with E-state index in [0.29, 0.717) is 12.8 Å². The molecule has 0 spiro atoms. The van der Waals surface area contributed by atoms with Crippen LogP contribution in [-0.4, -0.2) is 87.5 Å². The van der Waals surface area contributed by atoms with Gasteiger partial charge in [-0.25, -0.2) is 0 Å². The zero-order valence-corrected chi connectivity index (χ0v) is 33.1. The first-order chi connectivity index (χ1) is 24.8. The summed E-state index contributed by atoms with van der Waals surface area (Å²) in [4.78, 5) is 12.9. The lowest BCUT2D eigenvalue weighted by Gasteiger charge is -2.40. The smallest absolute Gasteiger partial charge is 0.220 e. The number of aliphatic hydroxyl groups is 5. The maximum Gasteiger partial charge on any atom is 0.220 e. The van der Waals surface area contributed by atoms with Crippen LogP contribution in [-0.2, 0) is 14.3 Å². The van der Waals surface area contributed by atoms with Gasteiger partial charge in [-0.2, -0.15) is 0 Å². The molecule has 0 bridgehead atoms. The van der Waals surface area contributed by atoms with Crippen LogP contribution in [0.3, 0.4) is 0 Å². The van der Waals surface area contributed by atoms with E-state index in [1.165, 1.54) is 141 Å². The van der Waals surface area contributed by atoms with Gasteiger partial charge in [-0.1, -0.05) is 187 Å². The van der Waals surface area contributed by atoms with Crippen LogP contribution in [0, 0.1) is 0 Å². The number of hydrogen-bond donors (Lipinski definition) is 6. The van der Waals surface area contributed by atoms with Crippen molar-refractivity contribution < 1.29 is 39.8 Å². The third kappa shape index (κ3) is 25.0. The van der Waals surface area contributed by atoms with E-state index in [1.807, 2.05) is 0 Å². The van der Waals surface area contributed by atoms with Crippen molar-refractivity contribution in [3.05, 3.63) is 0 Å². The minimum Gasteiger partial charge on any atom is -0.394 e. The van der Waals surface area contributed by atoms with Crippen molar-refractivity contribution in [1.82, 2.24) is 5.32 Å². The Bertz CT molecular complexity index is 771. The molecule has 1 amide bonds. The highest BCUT2D eigenvalue weighted by molar-refractivity contribution is 5.76. The zero-order valence-electron chi connectivity index (χ0n) is 33.1. The maximum atomic E-state index is 12.9. The van der Waals surface area contributed by atoms with E-state index < -0.39 is 49.5 Å². The van der Waals surface area contributed by atoms with Crippen LogP contribution in [0.5, 0.6) is 0 Å². The Balaban J connectivity index is 2.34. The fraction of sp³-hybridized carbons (Fsp3) is 0.976. The van der Waals surface area contributed by atoms with Crippen molar-refractivity contribution in [3.63, 3.8) is 0 Å². The van der Waals surface area contributed by atoms with E-state index in [0.717, 1.165) is 38.5 Å². The Hall–Kier alpha value is -0.810. The van der Waals surface area contributed by atoms with Crippen LogP contribution < -0.4 is 5.32 Å². The second kappa shape index (κ2) is 33.7. The summed E-state index contributed by atoms with van der Waals surface area (Å²) in [5, 5.41) is 54.2. The number of carbonyl (C=O) groups excluding carboxylic acids is 1. The fourth-order valence-corrected chi connectivity index (χ4v) is 7.16. The maximum absolute atomic E-state index is 12.9. The first-order valence-electron chi connectivity index (χ1n) is 21.7. The topological polar surface area (TPSA) is 149 Å². The van der Waals surface area contributed by atoms with E-state index in [-0.39, 0.29) is 12.5 Å². The third-order valence-corrected chi connectivity index (χ3v) is 10.7. The second-order valence-electron chi connectivity index (χ2n) is 15.5. The van der Waals surface area contributed by atoms with E-state index >= 15 is 0 Å². The van der Waals surface area contributed by atoms with Crippen LogP contribution in [0.1, 0.15) is 206 Å². The SMILES string of the molecule is CCCCCCCCCCCCCCCCCCCC(O)C(COC1OC(CO)C(O)C(O)C1O)NC(=O)CCCCCCCCCCCCC. The number of unbranched alkanes of at least 4 members (excludes halogenated alkanes) is 26. The number of aliphatic hydroxyl groups excluding tert-OH is 5. The number of ether oxygens (including phenoxy) is 2. The molecular weight excluding hydrogens is 646 g/mol. The third-order valence-electron chi connectivity index (χ3n) is 10.7. The van der Waals surface area contributed by atoms with E-state index in [2.05, 4.69) is 19.2 Å². The lowest BCUT2D eigenvalue weighted by atomic mass is 9.99. The molecule has 7 unspecified atom stereocenters. The number of carbonyl (C=O) groups is 1. The molecule has 1 saturated heterocycles. The number of amides is 1. The van der Waals surface area contributed by atoms with Gasteiger partial charge in [0.1, 0.15) is 24.4 Å². The molecule has 0 aromatic rings. The molecule has 0 aromatic heterocycles. The lowest BCUT2D eigenvalue weighted by Crippen LogP contribution is -2.60. The molecule has 9 nitrogen and oxygen atoms in total. The Morgan fingerprint density at radius 1 is 0.588 bits per heavy atom. The molecule has 51 heavy (non-hydrogen) atoms. The summed E-state index contributed by atoms with van der Waals surface area (Å²) in [5.74, 6) is -0.144. The van der Waals surface area contributed by atoms with Crippen molar-refractivity contribution in [3.8, 4) is 0 Å². The normalized spacial score (nSPS) is 21.9. The molecule has 304 valence electrons. The Kier molecular flexibility index (Phi) is 31.9. The van der Waals surface area contributed by atoms with Gasteiger partial charge in [-0.05, 0) is 12.8 Å². The molecule has 0 aromatic carbocycles. The van der Waals surface area contributed by atoms with Gasteiger partial charge in [0.25, 0.3) is 0 Å². The Labute approximate surface area is 313 Å². The quantitative estimate of drug-likeness (QED) is 0.0353. The number of rotatable bonds is 36. The van der Waals surface area contributed by atoms with Crippen molar-refractivity contribution in [2.75, 3.05) is 13.2 Å². The first kappa shape index (κ1) is 48.2. The highest BCUT2D eigenvalue weighted by atomic mass is 16.7. The van der Waals surface area contributed by atoms with Gasteiger partial charge in [-0.15, -0.1) is 0 Å². The summed E-state index contributed by atoms with van der Waals surface area (Å²) in [6.07, 6.45) is 28.2. The van der Waals surface area contributed by atoms with E-state index in [1.54, 1.807) is 0 Å². The van der Waals surface area contributed by atoms with Crippen molar-refractivity contribution in [1.29, 1.82) is 0 Å². The Morgan fingerprint density at radius 2 is 0.980 bits per heavy atom. The van der Waals surface area contributed by atoms with Crippen LogP contribution in [0.25, 0.3) is 0 Å². The van der Waals surface area contributed by atoms with Crippen molar-refractivity contribution in [2.45, 2.75) is 249 Å². The molecule has 0 saturated carbocycles. The predicted molar refractivity (Wildman–Crippen MR) is 208 cm³/mol. The number of nitrogens with one attached hydrogen (secondary N) is 1. The lowest BCUT2D eigenvalue weighted by molar-refractivity contribution is -0.302. The summed E-state index contributed by atoms with van der Waals surface area (Å²) in [5.41, 5.74) is 0. The summed E-state index contributed by atoms with van der Waals surface area (Å²) < 4.78 is 11.2. The van der Waals surface area contributed by atoms with Crippen LogP contribution in [0.4, 0.5) is 0 Å². The average Bonchev–Trinajstić information content (AvgIpc) is 3.13. The zero-order chi connectivity index (χ0) is 37.4. The molecule has 0 radical (unpaired) electrons. The van der Waals surface area contributed by atoms with Gasteiger partial charge in [0.2, 0.25) is 5.91 Å². The fourth-order valence-electron chi connectivity index (χ4n) is 7.16. The van der Waals surface area contributed by atoms with Gasteiger partial charge in [0.05, 0.1) is 25.4 Å². The number of hydrogen-bond acceptors (Lipinski definition) is 8. The minimum atomic E-state index is -1.55. The van der Waals surface area contributed by atoms with Gasteiger partial charge >= 0.3 is 0 Å². The predicted octanol–water partition coefficient (Wildman–Crippen LogP) is 8.39. The molecule has 6 N–H and O–H groups in total. The molecule has 1 aliphatic heterocycles. The summed E-state index contributed by atoms with van der Waals surface area (Å²) in [6, 6.07) is -0.710. The summed E-state index contributed by atoms with van der Waals surface area (Å²) in [6.45, 7) is 3.83. The van der Waals surface area contributed by atoms with Gasteiger partial charge in [0.15, 0.2) is 6.29 Å². The molecule has 1 heterocycles. The standard InChI is InChI=1S/C42H83NO8/c1-3-5-7-9-11-13-15-16-17-18-19-20-22-23-25-27-29-31-36(45)35(34-50-42-41(49)40(48)39(47)37(33-44)51-42)43-38(46)32-30-28-26-24-21-14-12-10-8-6-4-2/h35-37,39-42,44-45,47-49H,3-34H2,1-2H3,(H,43,46). The molecule has 1 rings (SSSR count). The van der Waals surface area contributed by atoms with Crippen LogP contribution in [0.2, 0.25) is 0 Å². The molecule has 9 heteroatoms. The summed E-state index contributed by atoms with van der Waals surface area (Å²) in [7, 11) is 0. The molecular formula is C42H83NO8. The molecule has 1 aliphatic rings. The summed E-state index contributed by atoms with van der Waals surface area (Å²) >= 11 is 0. The van der Waals surface area contributed by atoms with Crippen molar-refractivity contribution in [2.24, 2.45) is 0 Å². The first-order valence-corrected chi connectivity index (χ1v) is 21.7. The van der Waals surface area contributed by atoms with Crippen LogP contribution in [0.15, 0.2) is 0 Å². The molecule has 0 aliphatic carbocycles. The largest absolute Gasteiger partial charge is 0.394 e. The minimum absolute atomic E-state index is 0.132. The highest BCUT2D eigenvalue weighted by Crippen LogP contribution is 2.23. The molecule has 7 atom stereocenters.